The first-order chi connectivity index (χ1) is 12.6. The predicted molar refractivity (Wildman–Crippen MR) is 106 cm³/mol. The summed E-state index contributed by atoms with van der Waals surface area (Å²) in [5.74, 6) is 0.975. The number of benzene rings is 2. The summed E-state index contributed by atoms with van der Waals surface area (Å²) in [5, 5.41) is 11.9. The molecule has 1 saturated heterocycles. The van der Waals surface area contributed by atoms with E-state index in [1.54, 1.807) is 31.4 Å². The van der Waals surface area contributed by atoms with Crippen LogP contribution in [-0.4, -0.2) is 35.2 Å². The van der Waals surface area contributed by atoms with Crippen molar-refractivity contribution in [2.45, 2.75) is 17.8 Å². The largest absolute Gasteiger partial charge is 0.496 e. The number of methoxy groups -OCH3 is 1. The first kappa shape index (κ1) is 21.1. The second-order valence-corrected chi connectivity index (χ2v) is 6.98. The first-order valence-electron chi connectivity index (χ1n) is 8.11. The van der Waals surface area contributed by atoms with Gasteiger partial charge in [-0.25, -0.2) is 0 Å². The van der Waals surface area contributed by atoms with Crippen LogP contribution >= 0.6 is 24.2 Å². The molecule has 8 heteroatoms. The summed E-state index contributed by atoms with van der Waals surface area (Å²) in [4.78, 5) is 22.8. The maximum Gasteiger partial charge on any atom is 0.286 e. The third-order valence-corrected chi connectivity index (χ3v) is 5.00. The van der Waals surface area contributed by atoms with Gasteiger partial charge in [0.05, 0.1) is 12.4 Å². The number of hydrogen-bond acceptors (Lipinski definition) is 6. The molecule has 1 aliphatic heterocycles. The molecule has 0 saturated carbocycles. The zero-order valence-electron chi connectivity index (χ0n) is 14.6. The van der Waals surface area contributed by atoms with E-state index in [2.05, 4.69) is 5.32 Å². The fraction of sp³-hybridized carbons (Fsp3) is 0.263. The third kappa shape index (κ3) is 5.38. The number of hydrogen-bond donors (Lipinski definition) is 2. The Morgan fingerprint density at radius 3 is 2.48 bits per heavy atom. The average Bonchev–Trinajstić information content (AvgIpc) is 2.97. The molecule has 3 rings (SSSR count). The molecule has 1 heterocycles. The summed E-state index contributed by atoms with van der Waals surface area (Å²) in [5.41, 5.74) is 1.60. The van der Waals surface area contributed by atoms with E-state index in [1.807, 2.05) is 24.3 Å². The van der Waals surface area contributed by atoms with Crippen molar-refractivity contribution in [3.8, 4) is 11.5 Å². The number of imide groups is 1. The first-order valence-corrected chi connectivity index (χ1v) is 8.99. The van der Waals surface area contributed by atoms with Gasteiger partial charge in [0.1, 0.15) is 24.2 Å². The van der Waals surface area contributed by atoms with E-state index < -0.39 is 6.10 Å². The lowest BCUT2D eigenvalue weighted by Gasteiger charge is -2.15. The summed E-state index contributed by atoms with van der Waals surface area (Å²) in [7, 11) is 1.56. The second kappa shape index (κ2) is 9.64. The highest BCUT2D eigenvalue weighted by atomic mass is 35.5. The van der Waals surface area contributed by atoms with E-state index in [4.69, 9.17) is 9.47 Å². The predicted octanol–water partition coefficient (Wildman–Crippen LogP) is 3.12. The lowest BCUT2D eigenvalue weighted by Crippen LogP contribution is -2.25. The molecular formula is C19H20ClNO5S. The number of amides is 2. The highest BCUT2D eigenvalue weighted by Crippen LogP contribution is 2.26. The molecule has 0 aliphatic carbocycles. The molecule has 0 radical (unpaired) electrons. The Morgan fingerprint density at radius 1 is 1.15 bits per heavy atom. The smallest absolute Gasteiger partial charge is 0.286 e. The van der Waals surface area contributed by atoms with Crippen LogP contribution in [0.15, 0.2) is 48.5 Å². The number of para-hydroxylation sites is 1. The number of nitrogens with one attached hydrogen (secondary N) is 1. The van der Waals surface area contributed by atoms with Crippen LogP contribution in [0.1, 0.15) is 17.2 Å². The number of halogens is 1. The van der Waals surface area contributed by atoms with Gasteiger partial charge in [0.25, 0.3) is 5.24 Å². The number of aliphatic hydroxyl groups excluding tert-OH is 1. The van der Waals surface area contributed by atoms with Gasteiger partial charge in [0, 0.05) is 5.56 Å². The molecule has 1 fully saturated rings. The maximum atomic E-state index is 11.6. The maximum absolute atomic E-state index is 11.6. The van der Waals surface area contributed by atoms with Gasteiger partial charge in [-0.05, 0) is 30.2 Å². The number of aliphatic hydroxyl groups is 1. The Kier molecular flexibility index (Phi) is 7.53. The number of carbonyl (C=O) groups excluding carboxylic acids is 2. The normalized spacial score (nSPS) is 17.0. The van der Waals surface area contributed by atoms with Gasteiger partial charge in [-0.3, -0.25) is 14.9 Å². The van der Waals surface area contributed by atoms with Crippen molar-refractivity contribution < 1.29 is 24.2 Å². The topological polar surface area (TPSA) is 84.9 Å². The van der Waals surface area contributed by atoms with E-state index in [-0.39, 0.29) is 35.4 Å². The van der Waals surface area contributed by atoms with Crippen molar-refractivity contribution in [2.75, 3.05) is 13.7 Å². The molecule has 1 aliphatic rings. The number of thioether (sulfide) groups is 1. The lowest BCUT2D eigenvalue weighted by molar-refractivity contribution is -0.118. The van der Waals surface area contributed by atoms with Crippen molar-refractivity contribution >= 4 is 35.3 Å². The van der Waals surface area contributed by atoms with Crippen molar-refractivity contribution in [3.05, 3.63) is 59.7 Å². The summed E-state index contributed by atoms with van der Waals surface area (Å²) in [6.07, 6.45) is -0.331. The Bertz CT molecular complexity index is 799. The van der Waals surface area contributed by atoms with Crippen molar-refractivity contribution in [1.82, 2.24) is 5.32 Å². The molecule has 144 valence electrons. The molecule has 2 aromatic rings. The minimum absolute atomic E-state index is 0. The van der Waals surface area contributed by atoms with E-state index >= 15 is 0 Å². The third-order valence-electron chi connectivity index (χ3n) is 4.02. The lowest BCUT2D eigenvalue weighted by atomic mass is 10.1. The van der Waals surface area contributed by atoms with Gasteiger partial charge in [-0.15, -0.1) is 12.4 Å². The van der Waals surface area contributed by atoms with Crippen LogP contribution in [0.2, 0.25) is 0 Å². The molecule has 2 N–H and O–H groups in total. The summed E-state index contributed by atoms with van der Waals surface area (Å²) < 4.78 is 10.9. The Labute approximate surface area is 167 Å². The quantitative estimate of drug-likeness (QED) is 0.730. The highest BCUT2D eigenvalue weighted by molar-refractivity contribution is 8.15. The number of rotatable bonds is 7. The molecule has 2 aromatic carbocycles. The molecule has 0 aromatic heterocycles. The van der Waals surface area contributed by atoms with Gasteiger partial charge in [-0.2, -0.15) is 0 Å². The van der Waals surface area contributed by atoms with Gasteiger partial charge in [0.15, 0.2) is 0 Å². The summed E-state index contributed by atoms with van der Waals surface area (Å²) >= 11 is 1.01. The minimum Gasteiger partial charge on any atom is -0.496 e. The van der Waals surface area contributed by atoms with Crippen molar-refractivity contribution in [2.24, 2.45) is 0 Å². The van der Waals surface area contributed by atoms with E-state index in [0.29, 0.717) is 23.5 Å². The van der Waals surface area contributed by atoms with Crippen LogP contribution in [0.4, 0.5) is 4.79 Å². The van der Waals surface area contributed by atoms with Gasteiger partial charge in [-0.1, -0.05) is 42.1 Å². The standard InChI is InChI=1S/C19H19NO5S.ClH/c1-24-16-5-3-2-4-14(16)15(21)11-25-13-8-6-12(7-9-13)10-17-18(22)20-19(23)26-17;/h2-9,15,17,21H,10-11H2,1H3,(H,20,22,23);1H/t15-,17?;/m0./s1. The summed E-state index contributed by atoms with van der Waals surface area (Å²) in [6, 6.07) is 14.5. The second-order valence-electron chi connectivity index (χ2n) is 5.80. The van der Waals surface area contributed by atoms with E-state index in [9.17, 15) is 14.7 Å². The minimum atomic E-state index is -0.810. The fourth-order valence-electron chi connectivity index (χ4n) is 2.67. The SMILES string of the molecule is COc1ccccc1[C@@H](O)COc1ccc(CC2SC(=O)NC2=O)cc1.Cl. The van der Waals surface area contributed by atoms with Crippen LogP contribution in [-0.2, 0) is 11.2 Å². The van der Waals surface area contributed by atoms with Crippen LogP contribution in [0.25, 0.3) is 0 Å². The summed E-state index contributed by atoms with van der Waals surface area (Å²) in [6.45, 7) is 0.0924. The Balaban J connectivity index is 0.00000261. The molecule has 27 heavy (non-hydrogen) atoms. The Morgan fingerprint density at radius 2 is 1.85 bits per heavy atom. The van der Waals surface area contributed by atoms with Crippen LogP contribution < -0.4 is 14.8 Å². The highest BCUT2D eigenvalue weighted by Gasteiger charge is 2.31. The molecule has 0 spiro atoms. The van der Waals surface area contributed by atoms with E-state index in [1.165, 1.54) is 0 Å². The molecule has 0 bridgehead atoms. The van der Waals surface area contributed by atoms with Gasteiger partial charge >= 0.3 is 0 Å². The van der Waals surface area contributed by atoms with Crippen LogP contribution in [0, 0.1) is 0 Å². The molecule has 6 nitrogen and oxygen atoms in total. The van der Waals surface area contributed by atoms with Crippen molar-refractivity contribution in [1.29, 1.82) is 0 Å². The molecule has 1 unspecified atom stereocenters. The average molecular weight is 410 g/mol. The number of carbonyl (C=O) groups is 2. The van der Waals surface area contributed by atoms with Crippen LogP contribution in [0.3, 0.4) is 0 Å². The van der Waals surface area contributed by atoms with Gasteiger partial charge in [0.2, 0.25) is 5.91 Å². The molecule has 2 amide bonds. The van der Waals surface area contributed by atoms with E-state index in [0.717, 1.165) is 17.3 Å². The number of ether oxygens (including phenoxy) is 2. The molecular weight excluding hydrogens is 390 g/mol. The van der Waals surface area contributed by atoms with Crippen molar-refractivity contribution in [3.63, 3.8) is 0 Å². The zero-order chi connectivity index (χ0) is 18.5. The van der Waals surface area contributed by atoms with Crippen LogP contribution in [0.5, 0.6) is 11.5 Å². The monoisotopic (exact) mass is 409 g/mol. The molecule has 2 atom stereocenters. The van der Waals surface area contributed by atoms with Gasteiger partial charge < -0.3 is 14.6 Å². The fourth-order valence-corrected chi connectivity index (χ4v) is 3.53. The Hall–Kier alpha value is -2.22. The zero-order valence-corrected chi connectivity index (χ0v) is 16.2.